The Morgan fingerprint density at radius 2 is 2.00 bits per heavy atom. The van der Waals surface area contributed by atoms with Gasteiger partial charge in [-0.05, 0) is 23.6 Å². The van der Waals surface area contributed by atoms with Crippen molar-refractivity contribution in [3.05, 3.63) is 56.2 Å². The van der Waals surface area contributed by atoms with Crippen molar-refractivity contribution in [2.24, 2.45) is 0 Å². The number of benzene rings is 1. The van der Waals surface area contributed by atoms with Crippen LogP contribution in [0.3, 0.4) is 0 Å². The van der Waals surface area contributed by atoms with Crippen molar-refractivity contribution in [1.82, 2.24) is 0 Å². The number of allylic oxidation sites excluding steroid dienone is 1. The third-order valence-corrected chi connectivity index (χ3v) is 4.40. The summed E-state index contributed by atoms with van der Waals surface area (Å²) in [5, 5.41) is 10.7. The fourth-order valence-corrected chi connectivity index (χ4v) is 3.16. The van der Waals surface area contributed by atoms with E-state index in [-0.39, 0.29) is 20.6 Å². The van der Waals surface area contributed by atoms with E-state index in [1.807, 2.05) is 6.07 Å². The highest BCUT2D eigenvalue weighted by atomic mass is 79.9. The number of hydrogen-bond acceptors (Lipinski definition) is 2. The summed E-state index contributed by atoms with van der Waals surface area (Å²) in [6.45, 7) is 0. The quantitative estimate of drug-likeness (QED) is 0.561. The van der Waals surface area contributed by atoms with E-state index in [2.05, 4.69) is 15.9 Å². The average molecular weight is 393 g/mol. The first-order valence-corrected chi connectivity index (χ1v) is 7.60. The van der Waals surface area contributed by atoms with Gasteiger partial charge in [-0.15, -0.1) is 11.3 Å². The smallest absolute Gasteiger partial charge is 0.192 e. The zero-order valence-corrected chi connectivity index (χ0v) is 13.4. The van der Waals surface area contributed by atoms with E-state index in [1.54, 1.807) is 17.5 Å². The molecule has 0 saturated heterocycles. The van der Waals surface area contributed by atoms with Crippen LogP contribution >= 0.6 is 38.9 Å². The minimum absolute atomic E-state index is 0.0273. The number of nitriles is 1. The highest BCUT2D eigenvalue weighted by molar-refractivity contribution is 9.10. The summed E-state index contributed by atoms with van der Waals surface area (Å²) in [5.74, 6) is 0. The molecule has 0 bridgehead atoms. The fraction of sp³-hybridized carbons (Fsp3) is 0.0714. The van der Waals surface area contributed by atoms with E-state index >= 15 is 0 Å². The highest BCUT2D eigenvalue weighted by Crippen LogP contribution is 2.40. The normalized spacial score (nSPS) is 12.8. The van der Waals surface area contributed by atoms with Crippen molar-refractivity contribution in [2.75, 3.05) is 0 Å². The highest BCUT2D eigenvalue weighted by Gasteiger charge is 2.34. The molecule has 0 saturated carbocycles. The first kappa shape index (κ1) is 16.1. The molecule has 2 aromatic rings. The lowest BCUT2D eigenvalue weighted by Crippen LogP contribution is -2.08. The maximum absolute atomic E-state index is 13.1. The summed E-state index contributed by atoms with van der Waals surface area (Å²) in [6.07, 6.45) is -4.56. The summed E-state index contributed by atoms with van der Waals surface area (Å²) in [6, 6.07) is 8.86. The molecule has 0 aliphatic carbocycles. The van der Waals surface area contributed by atoms with E-state index in [0.29, 0.717) is 4.88 Å². The third-order valence-electron chi connectivity index (χ3n) is 2.62. The monoisotopic (exact) mass is 391 g/mol. The summed E-state index contributed by atoms with van der Waals surface area (Å²) in [7, 11) is 0. The Kier molecular flexibility index (Phi) is 4.77. The van der Waals surface area contributed by atoms with Gasteiger partial charge in [0.15, 0.2) is 0 Å². The molecule has 0 radical (unpaired) electrons. The maximum atomic E-state index is 13.1. The largest absolute Gasteiger partial charge is 0.417 e. The van der Waals surface area contributed by atoms with Crippen LogP contribution < -0.4 is 0 Å². The molecule has 1 nitrogen and oxygen atoms in total. The molecule has 2 rings (SSSR count). The predicted molar refractivity (Wildman–Crippen MR) is 81.7 cm³/mol. The van der Waals surface area contributed by atoms with Crippen molar-refractivity contribution in [3.63, 3.8) is 0 Å². The minimum atomic E-state index is -4.56. The van der Waals surface area contributed by atoms with Crippen LogP contribution in [-0.2, 0) is 6.18 Å². The number of halogens is 5. The average Bonchev–Trinajstić information content (AvgIpc) is 2.92. The van der Waals surface area contributed by atoms with Gasteiger partial charge in [0.25, 0.3) is 0 Å². The number of alkyl halides is 3. The van der Waals surface area contributed by atoms with Crippen LogP contribution in [0.1, 0.15) is 16.0 Å². The van der Waals surface area contributed by atoms with Gasteiger partial charge in [0.05, 0.1) is 16.2 Å². The second kappa shape index (κ2) is 6.22. The zero-order valence-electron chi connectivity index (χ0n) is 10.2. The van der Waals surface area contributed by atoms with Crippen LogP contribution in [0.4, 0.5) is 13.2 Å². The molecule has 0 unspecified atom stereocenters. The van der Waals surface area contributed by atoms with Crippen molar-refractivity contribution >= 4 is 49.5 Å². The van der Waals surface area contributed by atoms with Gasteiger partial charge in [-0.3, -0.25) is 0 Å². The Balaban J connectivity index is 2.69. The van der Waals surface area contributed by atoms with Crippen molar-refractivity contribution in [1.29, 1.82) is 5.26 Å². The van der Waals surface area contributed by atoms with Gasteiger partial charge in [-0.1, -0.05) is 39.7 Å². The minimum Gasteiger partial charge on any atom is -0.192 e. The standard InChI is InChI=1S/C14H6BrClF3NS/c15-8-3-4-9(11(6-8)14(17,18)19)13(16)10(7-20)12-2-1-5-21-12/h1-6H/b13-10+. The van der Waals surface area contributed by atoms with E-state index in [0.717, 1.165) is 6.07 Å². The first-order chi connectivity index (χ1) is 9.84. The van der Waals surface area contributed by atoms with E-state index in [4.69, 9.17) is 11.6 Å². The second-order valence-corrected chi connectivity index (χ2v) is 6.21. The molecule has 0 atom stereocenters. The van der Waals surface area contributed by atoms with E-state index in [9.17, 15) is 18.4 Å². The molecule has 0 N–H and O–H groups in total. The Morgan fingerprint density at radius 3 is 2.52 bits per heavy atom. The molecule has 0 amide bonds. The van der Waals surface area contributed by atoms with Crippen molar-refractivity contribution in [2.45, 2.75) is 6.18 Å². The molecular weight excluding hydrogens is 387 g/mol. The number of rotatable bonds is 2. The van der Waals surface area contributed by atoms with Gasteiger partial charge in [-0.25, -0.2) is 0 Å². The fourth-order valence-electron chi connectivity index (χ4n) is 1.71. The SMILES string of the molecule is N#C/C(=C(\Cl)c1ccc(Br)cc1C(F)(F)F)c1cccs1. The van der Waals surface area contributed by atoms with Crippen molar-refractivity contribution in [3.8, 4) is 6.07 Å². The van der Waals surface area contributed by atoms with Gasteiger partial charge >= 0.3 is 6.18 Å². The predicted octanol–water partition coefficient (Wildman–Crippen LogP) is 6.16. The molecule has 0 fully saturated rings. The van der Waals surface area contributed by atoms with Gasteiger partial charge < -0.3 is 0 Å². The Labute approximate surface area is 136 Å². The molecule has 7 heteroatoms. The topological polar surface area (TPSA) is 23.8 Å². The van der Waals surface area contributed by atoms with Crippen LogP contribution in [0.5, 0.6) is 0 Å². The number of nitrogens with zero attached hydrogens (tertiary/aromatic N) is 1. The second-order valence-electron chi connectivity index (χ2n) is 3.97. The van der Waals surface area contributed by atoms with Crippen LogP contribution in [-0.4, -0.2) is 0 Å². The molecule has 0 spiro atoms. The molecule has 1 aromatic carbocycles. The molecule has 21 heavy (non-hydrogen) atoms. The van der Waals surface area contributed by atoms with E-state index < -0.39 is 11.7 Å². The van der Waals surface area contributed by atoms with Gasteiger partial charge in [0.1, 0.15) is 6.07 Å². The van der Waals surface area contributed by atoms with Gasteiger partial charge in [-0.2, -0.15) is 18.4 Å². The van der Waals surface area contributed by atoms with Gasteiger partial charge in [0, 0.05) is 14.9 Å². The summed E-state index contributed by atoms with van der Waals surface area (Å²) < 4.78 is 39.6. The van der Waals surface area contributed by atoms with Crippen LogP contribution in [0.2, 0.25) is 0 Å². The lowest BCUT2D eigenvalue weighted by Gasteiger charge is -2.13. The number of hydrogen-bond donors (Lipinski definition) is 0. The summed E-state index contributed by atoms with van der Waals surface area (Å²) >= 11 is 10.3. The molecule has 0 aliphatic rings. The lowest BCUT2D eigenvalue weighted by atomic mass is 10.0. The Bertz CT molecular complexity index is 730. The third kappa shape index (κ3) is 3.49. The molecular formula is C14H6BrClF3NS. The Morgan fingerprint density at radius 1 is 1.29 bits per heavy atom. The van der Waals surface area contributed by atoms with Gasteiger partial charge in [0.2, 0.25) is 0 Å². The van der Waals surface area contributed by atoms with E-state index in [1.165, 1.54) is 23.5 Å². The summed E-state index contributed by atoms with van der Waals surface area (Å²) in [5.41, 5.74) is -1.07. The first-order valence-electron chi connectivity index (χ1n) is 5.55. The lowest BCUT2D eigenvalue weighted by molar-refractivity contribution is -0.137. The zero-order chi connectivity index (χ0) is 15.6. The van der Waals surface area contributed by atoms with Crippen LogP contribution in [0, 0.1) is 11.3 Å². The summed E-state index contributed by atoms with van der Waals surface area (Å²) in [4.78, 5) is 0.526. The number of thiophene rings is 1. The molecule has 1 heterocycles. The van der Waals surface area contributed by atoms with Crippen molar-refractivity contribution < 1.29 is 13.2 Å². The molecule has 108 valence electrons. The Hall–Kier alpha value is -1.29. The molecule has 1 aromatic heterocycles. The van der Waals surface area contributed by atoms with Crippen LogP contribution in [0.15, 0.2) is 40.2 Å². The van der Waals surface area contributed by atoms with Crippen LogP contribution in [0.25, 0.3) is 10.6 Å². The maximum Gasteiger partial charge on any atom is 0.417 e. The molecule has 0 aliphatic heterocycles.